The third-order valence-corrected chi connectivity index (χ3v) is 2.63. The zero-order valence-electron chi connectivity index (χ0n) is 9.44. The predicted octanol–water partition coefficient (Wildman–Crippen LogP) is 3.27. The van der Waals surface area contributed by atoms with Crippen molar-refractivity contribution in [2.75, 3.05) is 0 Å². The molecule has 2 aromatic heterocycles. The van der Waals surface area contributed by atoms with E-state index >= 15 is 0 Å². The Balaban J connectivity index is 2.40. The van der Waals surface area contributed by atoms with Crippen LogP contribution < -0.4 is 0 Å². The molecule has 4 heteroatoms. The Hall–Kier alpha value is -1.84. The van der Waals surface area contributed by atoms with Crippen LogP contribution in [0.2, 0.25) is 0 Å². The van der Waals surface area contributed by atoms with Gasteiger partial charge in [0.25, 0.3) is 0 Å². The Bertz CT molecular complexity index is 658. The van der Waals surface area contributed by atoms with Crippen molar-refractivity contribution >= 4 is 22.1 Å². The zero-order chi connectivity index (χ0) is 11.3. The number of benzene rings is 1. The van der Waals surface area contributed by atoms with Crippen molar-refractivity contribution in [1.29, 1.82) is 0 Å². The summed E-state index contributed by atoms with van der Waals surface area (Å²) in [5, 5.41) is 5.13. The fourth-order valence-electron chi connectivity index (χ4n) is 1.83. The molecule has 0 N–H and O–H groups in total. The van der Waals surface area contributed by atoms with Crippen LogP contribution in [0.1, 0.15) is 26.5 Å². The van der Waals surface area contributed by atoms with Crippen molar-refractivity contribution in [3.8, 4) is 0 Å². The zero-order valence-corrected chi connectivity index (χ0v) is 9.44. The van der Waals surface area contributed by atoms with Crippen LogP contribution >= 0.6 is 0 Å². The first-order valence-corrected chi connectivity index (χ1v) is 5.19. The number of rotatable bonds is 0. The van der Waals surface area contributed by atoms with Gasteiger partial charge in [-0.3, -0.25) is 0 Å². The van der Waals surface area contributed by atoms with Crippen molar-refractivity contribution in [1.82, 2.24) is 10.1 Å². The number of fused-ring (bicyclic) bond motifs is 2. The normalized spacial score (nSPS) is 12.7. The molecule has 0 atom stereocenters. The minimum atomic E-state index is -0.0390. The molecular formula is C12H12N2O2. The summed E-state index contributed by atoms with van der Waals surface area (Å²) in [6.07, 6.45) is 1.44. The predicted molar refractivity (Wildman–Crippen MR) is 60.3 cm³/mol. The Morgan fingerprint density at radius 1 is 1.12 bits per heavy atom. The van der Waals surface area contributed by atoms with Gasteiger partial charge in [0.1, 0.15) is 5.52 Å². The van der Waals surface area contributed by atoms with Gasteiger partial charge in [-0.05, 0) is 6.07 Å². The van der Waals surface area contributed by atoms with Crippen LogP contribution in [-0.2, 0) is 5.41 Å². The summed E-state index contributed by atoms with van der Waals surface area (Å²) < 4.78 is 10.5. The van der Waals surface area contributed by atoms with Gasteiger partial charge < -0.3 is 8.94 Å². The van der Waals surface area contributed by atoms with Crippen LogP contribution in [0.4, 0.5) is 0 Å². The second kappa shape index (κ2) is 2.84. The lowest BCUT2D eigenvalue weighted by atomic mass is 9.90. The quantitative estimate of drug-likeness (QED) is 0.578. The Labute approximate surface area is 92.2 Å². The number of hydrogen-bond acceptors (Lipinski definition) is 4. The molecule has 3 aromatic rings. The molecule has 16 heavy (non-hydrogen) atoms. The molecule has 0 fully saturated rings. The molecule has 0 saturated heterocycles. The topological polar surface area (TPSA) is 52.1 Å². The molecule has 0 amide bonds. The maximum atomic E-state index is 5.32. The number of aromatic nitrogens is 2. The molecule has 0 saturated carbocycles. The average Bonchev–Trinajstić information content (AvgIpc) is 2.76. The molecule has 3 rings (SSSR count). The largest absolute Gasteiger partial charge is 0.443 e. The lowest BCUT2D eigenvalue weighted by molar-refractivity contribution is 0.419. The Morgan fingerprint density at radius 2 is 1.94 bits per heavy atom. The molecule has 2 heterocycles. The summed E-state index contributed by atoms with van der Waals surface area (Å²) >= 11 is 0. The molecule has 1 aromatic carbocycles. The minimum Gasteiger partial charge on any atom is -0.443 e. The summed E-state index contributed by atoms with van der Waals surface area (Å²) in [5.74, 6) is 0. The fraction of sp³-hybridized carbons (Fsp3) is 0.333. The molecule has 0 aliphatic heterocycles. The van der Waals surface area contributed by atoms with E-state index in [4.69, 9.17) is 8.94 Å². The number of oxazole rings is 1. The summed E-state index contributed by atoms with van der Waals surface area (Å²) in [6, 6.07) is 3.80. The highest BCUT2D eigenvalue weighted by Gasteiger charge is 2.22. The van der Waals surface area contributed by atoms with E-state index in [1.54, 1.807) is 0 Å². The Kier molecular flexibility index (Phi) is 1.67. The molecule has 0 bridgehead atoms. The molecular weight excluding hydrogens is 204 g/mol. The van der Waals surface area contributed by atoms with Gasteiger partial charge in [-0.1, -0.05) is 25.9 Å². The van der Waals surface area contributed by atoms with E-state index in [0.29, 0.717) is 0 Å². The van der Waals surface area contributed by atoms with Gasteiger partial charge in [0.2, 0.25) is 0 Å². The van der Waals surface area contributed by atoms with Gasteiger partial charge >= 0.3 is 0 Å². The van der Waals surface area contributed by atoms with Crippen molar-refractivity contribution in [3.63, 3.8) is 0 Å². The van der Waals surface area contributed by atoms with E-state index in [1.807, 2.05) is 12.1 Å². The first-order chi connectivity index (χ1) is 7.55. The monoisotopic (exact) mass is 216 g/mol. The fourth-order valence-corrected chi connectivity index (χ4v) is 1.83. The van der Waals surface area contributed by atoms with Gasteiger partial charge in [-0.25, -0.2) is 4.98 Å². The van der Waals surface area contributed by atoms with Gasteiger partial charge in [0.15, 0.2) is 17.6 Å². The third kappa shape index (κ3) is 1.23. The van der Waals surface area contributed by atoms with E-state index in [1.165, 1.54) is 6.39 Å². The Morgan fingerprint density at radius 3 is 2.69 bits per heavy atom. The summed E-state index contributed by atoms with van der Waals surface area (Å²) in [5.41, 5.74) is 3.22. The molecule has 4 nitrogen and oxygen atoms in total. The maximum Gasteiger partial charge on any atom is 0.181 e. The van der Waals surface area contributed by atoms with Crippen LogP contribution in [0, 0.1) is 0 Å². The standard InChI is InChI=1S/C12H12N2O2/c1-12(2,3)11-7-4-8-10(15-6-13-8)5-9(7)16-14-11/h4-6H,1-3H3. The SMILES string of the molecule is CC(C)(C)c1noc2cc3ocnc3cc12. The van der Waals surface area contributed by atoms with Crippen LogP contribution in [0.3, 0.4) is 0 Å². The summed E-state index contributed by atoms with van der Waals surface area (Å²) in [6.45, 7) is 6.33. The molecule has 0 unspecified atom stereocenters. The number of hydrogen-bond donors (Lipinski definition) is 0. The van der Waals surface area contributed by atoms with Crippen molar-refractivity contribution in [2.45, 2.75) is 26.2 Å². The van der Waals surface area contributed by atoms with Crippen molar-refractivity contribution in [2.24, 2.45) is 0 Å². The van der Waals surface area contributed by atoms with Crippen LogP contribution in [0.15, 0.2) is 27.5 Å². The van der Waals surface area contributed by atoms with Gasteiger partial charge in [0, 0.05) is 16.9 Å². The van der Waals surface area contributed by atoms with Crippen molar-refractivity contribution in [3.05, 3.63) is 24.2 Å². The van der Waals surface area contributed by atoms with Gasteiger partial charge in [0.05, 0.1) is 5.69 Å². The van der Waals surface area contributed by atoms with Crippen LogP contribution in [-0.4, -0.2) is 10.1 Å². The third-order valence-electron chi connectivity index (χ3n) is 2.63. The van der Waals surface area contributed by atoms with E-state index in [2.05, 4.69) is 30.9 Å². The molecule has 0 aliphatic rings. The molecule has 82 valence electrons. The highest BCUT2D eigenvalue weighted by Crippen LogP contribution is 2.31. The summed E-state index contributed by atoms with van der Waals surface area (Å²) in [4.78, 5) is 4.14. The smallest absolute Gasteiger partial charge is 0.181 e. The highest BCUT2D eigenvalue weighted by atomic mass is 16.5. The van der Waals surface area contributed by atoms with Gasteiger partial charge in [-0.15, -0.1) is 0 Å². The lowest BCUT2D eigenvalue weighted by Crippen LogP contribution is -2.11. The maximum absolute atomic E-state index is 5.32. The average molecular weight is 216 g/mol. The highest BCUT2D eigenvalue weighted by molar-refractivity contribution is 5.92. The van der Waals surface area contributed by atoms with E-state index in [-0.39, 0.29) is 5.41 Å². The first-order valence-electron chi connectivity index (χ1n) is 5.19. The van der Waals surface area contributed by atoms with E-state index in [9.17, 15) is 0 Å². The molecule has 0 spiro atoms. The summed E-state index contributed by atoms with van der Waals surface area (Å²) in [7, 11) is 0. The van der Waals surface area contributed by atoms with Crippen molar-refractivity contribution < 1.29 is 8.94 Å². The second-order valence-corrected chi connectivity index (χ2v) is 4.95. The van der Waals surface area contributed by atoms with Crippen LogP contribution in [0.5, 0.6) is 0 Å². The molecule has 0 radical (unpaired) electrons. The lowest BCUT2D eigenvalue weighted by Gasteiger charge is -2.14. The molecule has 0 aliphatic carbocycles. The second-order valence-electron chi connectivity index (χ2n) is 4.95. The van der Waals surface area contributed by atoms with E-state index < -0.39 is 0 Å². The van der Waals surface area contributed by atoms with Crippen LogP contribution in [0.25, 0.3) is 22.1 Å². The van der Waals surface area contributed by atoms with E-state index in [0.717, 1.165) is 27.8 Å². The minimum absolute atomic E-state index is 0.0390. The van der Waals surface area contributed by atoms with Gasteiger partial charge in [-0.2, -0.15) is 0 Å². The number of nitrogens with zero attached hydrogens (tertiary/aromatic N) is 2. The first kappa shape index (κ1) is 9.39.